The lowest BCUT2D eigenvalue weighted by Gasteiger charge is -2.69. The molecule has 5 aliphatic carbocycles. The number of carbonyl (C=O) groups is 2. The van der Waals surface area contributed by atoms with Gasteiger partial charge >= 0.3 is 6.09 Å². The first-order valence-electron chi connectivity index (χ1n) is 17.8. The van der Waals surface area contributed by atoms with Crippen molar-refractivity contribution in [3.8, 4) is 0 Å². The fourth-order valence-electron chi connectivity index (χ4n) is 11.7. The van der Waals surface area contributed by atoms with E-state index in [-0.39, 0.29) is 56.7 Å². The van der Waals surface area contributed by atoms with Gasteiger partial charge in [-0.05, 0) is 112 Å². The fraction of sp³-hybridized carbons (Fsp3) is 0.763. The fourth-order valence-corrected chi connectivity index (χ4v) is 11.7. The number of hydrogen-bond acceptors (Lipinski definition) is 8. The Hall–Kier alpha value is -2.97. The van der Waals surface area contributed by atoms with E-state index in [2.05, 4.69) is 70.2 Å². The maximum absolute atomic E-state index is 14.9. The van der Waals surface area contributed by atoms with Crippen molar-refractivity contribution in [1.29, 1.82) is 0 Å². The Morgan fingerprint density at radius 3 is 2.47 bits per heavy atom. The predicted molar refractivity (Wildman–Crippen MR) is 176 cm³/mol. The minimum Gasteiger partial charge on any atom is -0.444 e. The van der Waals surface area contributed by atoms with Gasteiger partial charge in [-0.2, -0.15) is 4.98 Å². The molecule has 2 heterocycles. The number of rotatable bonds is 3. The lowest BCUT2D eigenvalue weighted by Crippen LogP contribution is -2.66. The Balaban J connectivity index is 1.26. The number of carbonyl (C=O) groups excluding carboxylic acids is 2. The van der Waals surface area contributed by atoms with Gasteiger partial charge in [-0.3, -0.25) is 4.79 Å². The molecule has 5 aliphatic rings. The van der Waals surface area contributed by atoms with Crippen LogP contribution in [0.3, 0.4) is 0 Å². The summed E-state index contributed by atoms with van der Waals surface area (Å²) in [5.41, 5.74) is 1.06. The molecule has 0 bridgehead atoms. The minimum absolute atomic E-state index is 0.0920. The lowest BCUT2D eigenvalue weighted by atomic mass is 9.34. The minimum atomic E-state index is -0.597. The Morgan fingerprint density at radius 2 is 1.74 bits per heavy atom. The highest BCUT2D eigenvalue weighted by Gasteiger charge is 2.70. The van der Waals surface area contributed by atoms with E-state index in [4.69, 9.17) is 18.8 Å². The second-order valence-electron chi connectivity index (χ2n) is 18.8. The second kappa shape index (κ2) is 10.0. The largest absolute Gasteiger partial charge is 0.444 e. The van der Waals surface area contributed by atoms with Crippen LogP contribution in [0.5, 0.6) is 0 Å². The number of ketones is 1. The van der Waals surface area contributed by atoms with Crippen LogP contribution in [-0.2, 0) is 33.3 Å². The van der Waals surface area contributed by atoms with Crippen LogP contribution in [0.4, 0.5) is 4.79 Å². The number of fused-ring (bicyclic) bond motifs is 8. The average molecular weight is 647 g/mol. The van der Waals surface area contributed by atoms with E-state index in [9.17, 15) is 9.59 Å². The molecule has 9 nitrogen and oxygen atoms in total. The summed E-state index contributed by atoms with van der Waals surface area (Å²) in [4.78, 5) is 32.2. The molecule has 7 atom stereocenters. The van der Waals surface area contributed by atoms with Crippen LogP contribution in [0.2, 0.25) is 0 Å². The van der Waals surface area contributed by atoms with E-state index in [1.807, 2.05) is 27.0 Å². The van der Waals surface area contributed by atoms with E-state index in [0.29, 0.717) is 17.6 Å². The molecule has 47 heavy (non-hydrogen) atoms. The van der Waals surface area contributed by atoms with Gasteiger partial charge in [-0.25, -0.2) is 4.79 Å². The number of nitrogens with one attached hydrogen (secondary N) is 1. The standard InChI is InChI=1S/C38H54N4O5/c1-32(2,3)45-31(44)39-21-27-41-30(42-46-27)38-15-13-33(4,5)19-23(38)28-24(43)17-26-35(8)18-22-20-40-47-29(22)34(6,7)25(35)11-12-36(26,9)37(28,10)14-16-38/h17,20,23,25,28H,11-16,18-19,21H2,1-10H3,(H,39,44)/t23-,25-,28-,35-,36+,37+,38-/m0/s1. The third-order valence-electron chi connectivity index (χ3n) is 14.0. The van der Waals surface area contributed by atoms with Crippen LogP contribution in [0.1, 0.15) is 137 Å². The van der Waals surface area contributed by atoms with Crippen molar-refractivity contribution in [3.63, 3.8) is 0 Å². The van der Waals surface area contributed by atoms with Crippen molar-refractivity contribution in [2.75, 3.05) is 0 Å². The summed E-state index contributed by atoms with van der Waals surface area (Å²) in [6.07, 6.45) is 11.2. The predicted octanol–water partition coefficient (Wildman–Crippen LogP) is 8.03. The summed E-state index contributed by atoms with van der Waals surface area (Å²) in [7, 11) is 0. The number of aromatic nitrogens is 3. The van der Waals surface area contributed by atoms with Gasteiger partial charge in [0.15, 0.2) is 11.6 Å². The number of amides is 1. The molecule has 0 spiro atoms. The van der Waals surface area contributed by atoms with Gasteiger partial charge in [0.2, 0.25) is 5.89 Å². The van der Waals surface area contributed by atoms with E-state index >= 15 is 0 Å². The summed E-state index contributed by atoms with van der Waals surface area (Å²) in [5, 5.41) is 11.6. The van der Waals surface area contributed by atoms with Gasteiger partial charge in [0.05, 0.1) is 6.20 Å². The highest BCUT2D eigenvalue weighted by Crippen LogP contribution is 2.74. The SMILES string of the molecule is CC1(C)CC[C@]2(c3noc(CNC(=O)OC(C)(C)C)n3)CC[C@]3(C)[C@H](C(=O)C=C4[C@@]5(C)Cc6cnoc6C(C)(C)[C@@H]5CC[C@]43C)[C@@H]2C1. The van der Waals surface area contributed by atoms with Gasteiger partial charge in [0.1, 0.15) is 17.9 Å². The van der Waals surface area contributed by atoms with Crippen LogP contribution in [0.25, 0.3) is 0 Å². The summed E-state index contributed by atoms with van der Waals surface area (Å²) in [5.74, 6) is 2.68. The number of nitrogens with zero attached hydrogens (tertiary/aromatic N) is 3. The van der Waals surface area contributed by atoms with Crippen LogP contribution < -0.4 is 5.32 Å². The molecule has 0 saturated heterocycles. The normalized spacial score (nSPS) is 38.6. The van der Waals surface area contributed by atoms with Gasteiger partial charge in [-0.1, -0.05) is 64.4 Å². The number of alkyl carbamates (subject to hydrolysis) is 1. The molecule has 3 fully saturated rings. The first-order chi connectivity index (χ1) is 21.8. The quantitative estimate of drug-likeness (QED) is 0.356. The van der Waals surface area contributed by atoms with Crippen molar-refractivity contribution >= 4 is 11.9 Å². The molecule has 9 heteroatoms. The Morgan fingerprint density at radius 1 is 1.02 bits per heavy atom. The van der Waals surface area contributed by atoms with Crippen LogP contribution in [0.15, 0.2) is 26.9 Å². The van der Waals surface area contributed by atoms with Gasteiger partial charge in [0.25, 0.3) is 0 Å². The highest BCUT2D eigenvalue weighted by molar-refractivity contribution is 5.95. The molecule has 0 radical (unpaired) electrons. The Labute approximate surface area is 279 Å². The molecule has 7 rings (SSSR count). The molecule has 0 aromatic carbocycles. The maximum Gasteiger partial charge on any atom is 0.408 e. The van der Waals surface area contributed by atoms with Crippen molar-refractivity contribution < 1.29 is 23.4 Å². The topological polar surface area (TPSA) is 120 Å². The van der Waals surface area contributed by atoms with Crippen LogP contribution in [-0.4, -0.2) is 32.8 Å². The summed E-state index contributed by atoms with van der Waals surface area (Å²) >= 11 is 0. The van der Waals surface area contributed by atoms with E-state index in [0.717, 1.165) is 57.1 Å². The van der Waals surface area contributed by atoms with Crippen molar-refractivity contribution in [1.82, 2.24) is 20.6 Å². The zero-order valence-electron chi connectivity index (χ0n) is 30.1. The molecule has 256 valence electrons. The Kier molecular flexibility index (Phi) is 6.95. The highest BCUT2D eigenvalue weighted by atomic mass is 16.6. The van der Waals surface area contributed by atoms with Crippen LogP contribution >= 0.6 is 0 Å². The molecule has 0 aliphatic heterocycles. The number of allylic oxidation sites excluding steroid dienone is 2. The molecule has 3 saturated carbocycles. The van der Waals surface area contributed by atoms with Gasteiger partial charge in [-0.15, -0.1) is 0 Å². The third-order valence-corrected chi connectivity index (χ3v) is 14.0. The monoisotopic (exact) mass is 646 g/mol. The van der Waals surface area contributed by atoms with Gasteiger partial charge < -0.3 is 19.1 Å². The van der Waals surface area contributed by atoms with E-state index in [1.165, 1.54) is 11.1 Å². The van der Waals surface area contributed by atoms with E-state index < -0.39 is 11.7 Å². The van der Waals surface area contributed by atoms with Crippen molar-refractivity contribution in [2.45, 2.75) is 144 Å². The molecule has 0 unspecified atom stereocenters. The van der Waals surface area contributed by atoms with Crippen LogP contribution in [0, 0.1) is 39.4 Å². The smallest absolute Gasteiger partial charge is 0.408 e. The molecular formula is C38H54N4O5. The molecular weight excluding hydrogens is 592 g/mol. The number of hydrogen-bond donors (Lipinski definition) is 1. The number of ether oxygens (including phenoxy) is 1. The summed E-state index contributed by atoms with van der Waals surface area (Å²) in [6, 6.07) is 0. The first kappa shape index (κ1) is 32.6. The Bertz CT molecular complexity index is 1640. The zero-order valence-corrected chi connectivity index (χ0v) is 30.1. The maximum atomic E-state index is 14.9. The van der Waals surface area contributed by atoms with Crippen molar-refractivity contribution in [2.24, 2.45) is 39.4 Å². The molecule has 1 amide bonds. The average Bonchev–Trinajstić information content (AvgIpc) is 3.62. The second-order valence-corrected chi connectivity index (χ2v) is 18.8. The first-order valence-corrected chi connectivity index (χ1v) is 17.8. The molecule has 2 aromatic rings. The zero-order chi connectivity index (χ0) is 34.0. The van der Waals surface area contributed by atoms with Gasteiger partial charge in [0, 0.05) is 22.3 Å². The molecule has 2 aromatic heterocycles. The third kappa shape index (κ3) is 4.63. The lowest BCUT2D eigenvalue weighted by molar-refractivity contribution is -0.160. The molecule has 1 N–H and O–H groups in total. The summed E-state index contributed by atoms with van der Waals surface area (Å²) in [6.45, 7) is 22.2. The summed E-state index contributed by atoms with van der Waals surface area (Å²) < 4.78 is 17.0. The van der Waals surface area contributed by atoms with Crippen molar-refractivity contribution in [3.05, 3.63) is 40.9 Å². The van der Waals surface area contributed by atoms with E-state index in [1.54, 1.807) is 0 Å².